The highest BCUT2D eigenvalue weighted by atomic mass is 16.3. The van der Waals surface area contributed by atoms with Crippen LogP contribution in [0.1, 0.15) is 25.3 Å². The number of aryl methyl sites for hydroxylation is 1. The Morgan fingerprint density at radius 2 is 2.21 bits per heavy atom. The van der Waals surface area contributed by atoms with Gasteiger partial charge in [-0.2, -0.15) is 0 Å². The number of anilines is 1. The topological polar surface area (TPSA) is 23.5 Å². The van der Waals surface area contributed by atoms with Crippen molar-refractivity contribution in [3.05, 3.63) is 29.8 Å². The monoisotopic (exact) mass is 191 g/mol. The molecule has 0 fully saturated rings. The summed E-state index contributed by atoms with van der Waals surface area (Å²) in [6.07, 6.45) is 2.75. The smallest absolute Gasteiger partial charge is 0.126 e. The van der Waals surface area contributed by atoms with Crippen molar-refractivity contribution in [3.8, 4) is 0 Å². The molecule has 1 aromatic rings. The summed E-state index contributed by atoms with van der Waals surface area (Å²) in [4.78, 5) is 2.11. The molecule has 0 unspecified atom stereocenters. The maximum atomic E-state index is 9.86. The summed E-state index contributed by atoms with van der Waals surface area (Å²) in [5, 5.41) is 9.86. The van der Waals surface area contributed by atoms with Crippen LogP contribution in [0.2, 0.25) is 0 Å². The summed E-state index contributed by atoms with van der Waals surface area (Å²) in [6.45, 7) is 2.99. The normalized spacial score (nSPS) is 17.7. The van der Waals surface area contributed by atoms with Gasteiger partial charge in [-0.25, -0.2) is 0 Å². The molecular formula is C12H17NO. The SMILES string of the molecule is CC[C@H](O)N1CCCc2ccccc21. The van der Waals surface area contributed by atoms with Crippen LogP contribution in [0.3, 0.4) is 0 Å². The maximum Gasteiger partial charge on any atom is 0.126 e. The molecule has 1 aromatic carbocycles. The van der Waals surface area contributed by atoms with Crippen LogP contribution in [0.5, 0.6) is 0 Å². The van der Waals surface area contributed by atoms with Gasteiger partial charge < -0.3 is 10.0 Å². The van der Waals surface area contributed by atoms with Crippen LogP contribution in [0.15, 0.2) is 24.3 Å². The summed E-state index contributed by atoms with van der Waals surface area (Å²) in [5.74, 6) is 0. The lowest BCUT2D eigenvalue weighted by Gasteiger charge is -2.34. The zero-order chi connectivity index (χ0) is 9.97. The summed E-state index contributed by atoms with van der Waals surface area (Å²) >= 11 is 0. The van der Waals surface area contributed by atoms with E-state index in [9.17, 15) is 5.11 Å². The first-order valence-corrected chi connectivity index (χ1v) is 5.35. The Morgan fingerprint density at radius 3 is 3.00 bits per heavy atom. The fourth-order valence-electron chi connectivity index (χ4n) is 2.09. The van der Waals surface area contributed by atoms with Crippen LogP contribution < -0.4 is 4.90 Å². The van der Waals surface area contributed by atoms with Gasteiger partial charge in [-0.1, -0.05) is 25.1 Å². The number of rotatable bonds is 2. The molecule has 2 rings (SSSR count). The van der Waals surface area contributed by atoms with Gasteiger partial charge in [0.2, 0.25) is 0 Å². The third kappa shape index (κ3) is 1.62. The number of benzene rings is 1. The second-order valence-corrected chi connectivity index (χ2v) is 3.81. The number of fused-ring (bicyclic) bond motifs is 1. The Kier molecular flexibility index (Phi) is 2.73. The van der Waals surface area contributed by atoms with Crippen LogP contribution >= 0.6 is 0 Å². The molecule has 0 bridgehead atoms. The minimum absolute atomic E-state index is 0.323. The quantitative estimate of drug-likeness (QED) is 0.774. The van der Waals surface area contributed by atoms with Gasteiger partial charge in [0.1, 0.15) is 6.23 Å². The molecule has 2 heteroatoms. The first-order chi connectivity index (χ1) is 6.83. The van der Waals surface area contributed by atoms with Gasteiger partial charge in [0.15, 0.2) is 0 Å². The van der Waals surface area contributed by atoms with E-state index in [-0.39, 0.29) is 6.23 Å². The maximum absolute atomic E-state index is 9.86. The van der Waals surface area contributed by atoms with E-state index in [1.807, 2.05) is 13.0 Å². The number of hydrogen-bond acceptors (Lipinski definition) is 2. The average Bonchev–Trinajstić information content (AvgIpc) is 2.27. The molecule has 76 valence electrons. The predicted molar refractivity (Wildman–Crippen MR) is 58.4 cm³/mol. The van der Waals surface area contributed by atoms with E-state index in [0.717, 1.165) is 25.8 Å². The van der Waals surface area contributed by atoms with Crippen LogP contribution in [0, 0.1) is 0 Å². The van der Waals surface area contributed by atoms with E-state index in [0.29, 0.717) is 0 Å². The number of hydrogen-bond donors (Lipinski definition) is 1. The molecule has 1 aliphatic rings. The lowest BCUT2D eigenvalue weighted by Crippen LogP contribution is -2.38. The molecule has 1 aliphatic heterocycles. The lowest BCUT2D eigenvalue weighted by molar-refractivity contribution is 0.162. The fraction of sp³-hybridized carbons (Fsp3) is 0.500. The Hall–Kier alpha value is -1.02. The minimum Gasteiger partial charge on any atom is -0.374 e. The molecule has 14 heavy (non-hydrogen) atoms. The van der Waals surface area contributed by atoms with E-state index in [1.54, 1.807) is 0 Å². The van der Waals surface area contributed by atoms with Crippen LogP contribution in [-0.4, -0.2) is 17.9 Å². The summed E-state index contributed by atoms with van der Waals surface area (Å²) < 4.78 is 0. The molecule has 0 saturated carbocycles. The fourth-order valence-corrected chi connectivity index (χ4v) is 2.09. The Labute approximate surface area is 85.2 Å². The second-order valence-electron chi connectivity index (χ2n) is 3.81. The highest BCUT2D eigenvalue weighted by Crippen LogP contribution is 2.28. The van der Waals surface area contributed by atoms with Crippen molar-refractivity contribution in [2.45, 2.75) is 32.4 Å². The number of nitrogens with zero attached hydrogens (tertiary/aromatic N) is 1. The molecule has 1 N–H and O–H groups in total. The van der Waals surface area contributed by atoms with Crippen molar-refractivity contribution >= 4 is 5.69 Å². The van der Waals surface area contributed by atoms with Crippen molar-refractivity contribution in [2.75, 3.05) is 11.4 Å². The van der Waals surface area contributed by atoms with Gasteiger partial charge in [-0.3, -0.25) is 0 Å². The van der Waals surface area contributed by atoms with Gasteiger partial charge in [-0.05, 0) is 30.9 Å². The predicted octanol–water partition coefficient (Wildman–Crippen LogP) is 2.17. The third-order valence-electron chi connectivity index (χ3n) is 2.87. The van der Waals surface area contributed by atoms with E-state index in [1.165, 1.54) is 11.3 Å². The van der Waals surface area contributed by atoms with Gasteiger partial charge >= 0.3 is 0 Å². The largest absolute Gasteiger partial charge is 0.374 e. The highest BCUT2D eigenvalue weighted by molar-refractivity contribution is 5.55. The molecular weight excluding hydrogens is 174 g/mol. The van der Waals surface area contributed by atoms with Crippen molar-refractivity contribution in [1.82, 2.24) is 0 Å². The van der Waals surface area contributed by atoms with Gasteiger partial charge in [0.25, 0.3) is 0 Å². The average molecular weight is 191 g/mol. The number of para-hydroxylation sites is 1. The van der Waals surface area contributed by atoms with Crippen LogP contribution in [0.4, 0.5) is 5.69 Å². The third-order valence-corrected chi connectivity index (χ3v) is 2.87. The molecule has 0 spiro atoms. The summed E-state index contributed by atoms with van der Waals surface area (Å²) in [5.41, 5.74) is 2.58. The summed E-state index contributed by atoms with van der Waals surface area (Å²) in [7, 11) is 0. The molecule has 2 nitrogen and oxygen atoms in total. The standard InChI is InChI=1S/C12H17NO/c1-2-12(14)13-9-5-7-10-6-3-4-8-11(10)13/h3-4,6,8,12,14H,2,5,7,9H2,1H3/t12-/m0/s1. The van der Waals surface area contributed by atoms with Crippen molar-refractivity contribution in [3.63, 3.8) is 0 Å². The van der Waals surface area contributed by atoms with Crippen molar-refractivity contribution < 1.29 is 5.11 Å². The molecule has 0 radical (unpaired) electrons. The Morgan fingerprint density at radius 1 is 1.43 bits per heavy atom. The van der Waals surface area contributed by atoms with Gasteiger partial charge in [-0.15, -0.1) is 0 Å². The zero-order valence-electron chi connectivity index (χ0n) is 8.61. The minimum atomic E-state index is -0.323. The van der Waals surface area contributed by atoms with E-state index >= 15 is 0 Å². The second kappa shape index (κ2) is 4.01. The number of aliphatic hydroxyl groups is 1. The van der Waals surface area contributed by atoms with E-state index < -0.39 is 0 Å². The first-order valence-electron chi connectivity index (χ1n) is 5.35. The van der Waals surface area contributed by atoms with Crippen molar-refractivity contribution in [2.24, 2.45) is 0 Å². The molecule has 0 amide bonds. The van der Waals surface area contributed by atoms with Crippen LogP contribution in [-0.2, 0) is 6.42 Å². The summed E-state index contributed by atoms with van der Waals surface area (Å²) in [6, 6.07) is 8.37. The highest BCUT2D eigenvalue weighted by Gasteiger charge is 2.20. The van der Waals surface area contributed by atoms with Crippen LogP contribution in [0.25, 0.3) is 0 Å². The molecule has 1 atom stereocenters. The zero-order valence-corrected chi connectivity index (χ0v) is 8.61. The lowest BCUT2D eigenvalue weighted by atomic mass is 10.0. The van der Waals surface area contributed by atoms with Crippen molar-refractivity contribution in [1.29, 1.82) is 0 Å². The Balaban J connectivity index is 2.30. The molecule has 0 saturated heterocycles. The van der Waals surface area contributed by atoms with Gasteiger partial charge in [0, 0.05) is 12.2 Å². The Bertz CT molecular complexity index is 311. The molecule has 0 aromatic heterocycles. The first kappa shape index (κ1) is 9.53. The van der Waals surface area contributed by atoms with E-state index in [2.05, 4.69) is 23.1 Å². The molecule has 1 heterocycles. The van der Waals surface area contributed by atoms with E-state index in [4.69, 9.17) is 0 Å². The number of aliphatic hydroxyl groups excluding tert-OH is 1. The molecule has 0 aliphatic carbocycles. The van der Waals surface area contributed by atoms with Gasteiger partial charge in [0.05, 0.1) is 0 Å².